The maximum Gasteiger partial charge on any atom is 0.339 e. The van der Waals surface area contributed by atoms with E-state index in [9.17, 15) is 19.8 Å². The average molecular weight is 399 g/mol. The molecule has 1 aromatic rings. The third-order valence-electron chi connectivity index (χ3n) is 4.31. The van der Waals surface area contributed by atoms with E-state index in [0.29, 0.717) is 5.75 Å². The van der Waals surface area contributed by atoms with Crippen molar-refractivity contribution in [1.29, 1.82) is 0 Å². The molecule has 1 amide bonds. The van der Waals surface area contributed by atoms with Crippen molar-refractivity contribution < 1.29 is 43.5 Å². The number of methoxy groups -OCH3 is 3. The number of ether oxygens (including phenoxy) is 5. The van der Waals surface area contributed by atoms with Gasteiger partial charge in [0.2, 0.25) is 12.2 Å². The first-order valence-electron chi connectivity index (χ1n) is 8.52. The molecule has 10 nitrogen and oxygen atoms in total. The molecule has 2 rings (SSSR count). The molecule has 0 spiro atoms. The molecule has 0 aliphatic carbocycles. The Balaban J connectivity index is 2.36. The van der Waals surface area contributed by atoms with Gasteiger partial charge in [0, 0.05) is 21.1 Å². The molecule has 1 heterocycles. The summed E-state index contributed by atoms with van der Waals surface area (Å²) in [7, 11) is 4.28. The van der Waals surface area contributed by atoms with Crippen LogP contribution in [-0.2, 0) is 19.0 Å². The summed E-state index contributed by atoms with van der Waals surface area (Å²) in [5.41, 5.74) is -0.156. The maximum absolute atomic E-state index is 11.6. The van der Waals surface area contributed by atoms with Crippen LogP contribution in [0.25, 0.3) is 0 Å². The van der Waals surface area contributed by atoms with E-state index in [1.165, 1.54) is 46.5 Å². The number of carbonyl (C=O) groups is 2. The van der Waals surface area contributed by atoms with E-state index in [2.05, 4.69) is 5.32 Å². The summed E-state index contributed by atoms with van der Waals surface area (Å²) in [6.45, 7) is 1.37. The summed E-state index contributed by atoms with van der Waals surface area (Å²) in [6, 6.07) is 3.24. The summed E-state index contributed by atoms with van der Waals surface area (Å²) in [4.78, 5) is 23.2. The van der Waals surface area contributed by atoms with Gasteiger partial charge in [0.25, 0.3) is 0 Å². The second kappa shape index (κ2) is 9.69. The highest BCUT2D eigenvalue weighted by Crippen LogP contribution is 2.30. The van der Waals surface area contributed by atoms with Crippen molar-refractivity contribution in [2.45, 2.75) is 37.6 Å². The van der Waals surface area contributed by atoms with Crippen LogP contribution in [0.4, 0.5) is 0 Å². The zero-order valence-corrected chi connectivity index (χ0v) is 16.1. The number of aliphatic hydroxyl groups excluding tert-OH is 1. The Morgan fingerprint density at radius 1 is 1.25 bits per heavy atom. The summed E-state index contributed by atoms with van der Waals surface area (Å²) in [5, 5.41) is 22.7. The van der Waals surface area contributed by atoms with E-state index in [0.717, 1.165) is 0 Å². The molecule has 0 aromatic heterocycles. The van der Waals surface area contributed by atoms with Crippen LogP contribution < -0.4 is 14.8 Å². The predicted molar refractivity (Wildman–Crippen MR) is 95.5 cm³/mol. The van der Waals surface area contributed by atoms with Crippen LogP contribution in [0.5, 0.6) is 11.5 Å². The largest absolute Gasteiger partial charge is 0.497 e. The molecule has 1 fully saturated rings. The Morgan fingerprint density at radius 3 is 2.50 bits per heavy atom. The summed E-state index contributed by atoms with van der Waals surface area (Å²) >= 11 is 0. The number of aliphatic hydroxyl groups is 1. The van der Waals surface area contributed by atoms with E-state index >= 15 is 0 Å². The summed E-state index contributed by atoms with van der Waals surface area (Å²) in [6.07, 6.45) is -3.85. The fraction of sp³-hybridized carbons (Fsp3) is 0.556. The highest BCUT2D eigenvalue weighted by Gasteiger charge is 2.47. The standard InChI is InChI=1S/C18H25NO9/c1-9(20)19-14-15(21)16(26-4)13(8-24-2)28-18(14)27-12-6-5-10(25-3)7-11(12)17(22)23/h5-7,13-16,18,21H,8H2,1-4H3,(H,19,20)(H,22,23)/t13?,14?,15-,16-,18-/m1/s1. The predicted octanol–water partition coefficient (Wildman–Crippen LogP) is 0.0241. The number of hydrogen-bond acceptors (Lipinski definition) is 8. The van der Waals surface area contributed by atoms with Gasteiger partial charge in [0.05, 0.1) is 13.7 Å². The number of hydrogen-bond donors (Lipinski definition) is 3. The molecule has 1 aromatic carbocycles. The van der Waals surface area contributed by atoms with Crippen LogP contribution in [0.15, 0.2) is 18.2 Å². The molecule has 0 radical (unpaired) electrons. The van der Waals surface area contributed by atoms with Crippen LogP contribution in [0, 0.1) is 0 Å². The van der Waals surface area contributed by atoms with Gasteiger partial charge in [-0.1, -0.05) is 0 Å². The van der Waals surface area contributed by atoms with Crippen molar-refractivity contribution >= 4 is 11.9 Å². The smallest absolute Gasteiger partial charge is 0.339 e. The molecule has 1 saturated heterocycles. The lowest BCUT2D eigenvalue weighted by atomic mass is 9.96. The molecule has 28 heavy (non-hydrogen) atoms. The highest BCUT2D eigenvalue weighted by molar-refractivity contribution is 5.91. The SMILES string of the molecule is COCC1O[C@@H](Oc2ccc(OC)cc2C(=O)O)C(NC(C)=O)[C@@H](O)[C@@H]1OC. The van der Waals surface area contributed by atoms with Gasteiger partial charge in [0.15, 0.2) is 0 Å². The average Bonchev–Trinajstić information content (AvgIpc) is 2.65. The molecule has 156 valence electrons. The van der Waals surface area contributed by atoms with Gasteiger partial charge in [-0.25, -0.2) is 4.79 Å². The second-order valence-corrected chi connectivity index (χ2v) is 6.20. The Labute approximate surface area is 162 Å². The van der Waals surface area contributed by atoms with E-state index in [1.54, 1.807) is 0 Å². The van der Waals surface area contributed by atoms with Crippen molar-refractivity contribution in [3.05, 3.63) is 23.8 Å². The number of nitrogens with one attached hydrogen (secondary N) is 1. The fourth-order valence-corrected chi connectivity index (χ4v) is 3.03. The van der Waals surface area contributed by atoms with Crippen molar-refractivity contribution in [3.63, 3.8) is 0 Å². The van der Waals surface area contributed by atoms with Crippen molar-refractivity contribution in [1.82, 2.24) is 5.32 Å². The van der Waals surface area contributed by atoms with Crippen molar-refractivity contribution in [2.75, 3.05) is 27.9 Å². The first-order valence-corrected chi connectivity index (χ1v) is 8.52. The number of carboxylic acids is 1. The minimum Gasteiger partial charge on any atom is -0.497 e. The molecule has 0 bridgehead atoms. The van der Waals surface area contributed by atoms with Gasteiger partial charge < -0.3 is 39.2 Å². The molecular formula is C18H25NO9. The minimum atomic E-state index is -1.23. The Hall–Kier alpha value is -2.40. The number of carbonyl (C=O) groups excluding carboxylic acids is 1. The molecule has 5 atom stereocenters. The zero-order valence-electron chi connectivity index (χ0n) is 16.1. The number of rotatable bonds is 8. The number of carboxylic acid groups (broad SMARTS) is 1. The Bertz CT molecular complexity index is 696. The molecule has 10 heteroatoms. The Morgan fingerprint density at radius 2 is 1.96 bits per heavy atom. The highest BCUT2D eigenvalue weighted by atomic mass is 16.7. The van der Waals surface area contributed by atoms with Crippen LogP contribution in [0.3, 0.4) is 0 Å². The van der Waals surface area contributed by atoms with Crippen LogP contribution in [-0.4, -0.2) is 80.7 Å². The van der Waals surface area contributed by atoms with Crippen LogP contribution in [0.2, 0.25) is 0 Å². The van der Waals surface area contributed by atoms with Crippen molar-refractivity contribution in [3.8, 4) is 11.5 Å². The second-order valence-electron chi connectivity index (χ2n) is 6.20. The lowest BCUT2D eigenvalue weighted by Crippen LogP contribution is -2.65. The van der Waals surface area contributed by atoms with Crippen LogP contribution >= 0.6 is 0 Å². The van der Waals surface area contributed by atoms with Gasteiger partial charge in [0.1, 0.15) is 41.4 Å². The van der Waals surface area contributed by atoms with Crippen LogP contribution in [0.1, 0.15) is 17.3 Å². The van der Waals surface area contributed by atoms with Gasteiger partial charge in [-0.2, -0.15) is 0 Å². The van der Waals surface area contributed by atoms with Gasteiger partial charge >= 0.3 is 5.97 Å². The monoisotopic (exact) mass is 399 g/mol. The molecule has 0 saturated carbocycles. The lowest BCUT2D eigenvalue weighted by Gasteiger charge is -2.43. The third-order valence-corrected chi connectivity index (χ3v) is 4.31. The first-order chi connectivity index (χ1) is 13.3. The van der Waals surface area contributed by atoms with E-state index in [1.807, 2.05) is 0 Å². The number of aromatic carboxylic acids is 1. The topological polar surface area (TPSA) is 133 Å². The van der Waals surface area contributed by atoms with E-state index in [4.69, 9.17) is 23.7 Å². The number of amides is 1. The third kappa shape index (κ3) is 4.90. The van der Waals surface area contributed by atoms with Gasteiger partial charge in [-0.3, -0.25) is 4.79 Å². The van der Waals surface area contributed by atoms with Gasteiger partial charge in [-0.15, -0.1) is 0 Å². The lowest BCUT2D eigenvalue weighted by molar-refractivity contribution is -0.251. The normalized spacial score (nSPS) is 27.1. The molecule has 2 unspecified atom stereocenters. The van der Waals surface area contributed by atoms with E-state index in [-0.39, 0.29) is 17.9 Å². The first kappa shape index (κ1) is 21.9. The molecular weight excluding hydrogens is 374 g/mol. The minimum absolute atomic E-state index is 0.00659. The summed E-state index contributed by atoms with van der Waals surface area (Å²) in [5.74, 6) is -1.32. The zero-order chi connectivity index (χ0) is 20.8. The number of benzene rings is 1. The molecule has 1 aliphatic rings. The van der Waals surface area contributed by atoms with Crippen molar-refractivity contribution in [2.24, 2.45) is 0 Å². The fourth-order valence-electron chi connectivity index (χ4n) is 3.03. The molecule has 3 N–H and O–H groups in total. The summed E-state index contributed by atoms with van der Waals surface area (Å²) < 4.78 is 27.0. The van der Waals surface area contributed by atoms with Gasteiger partial charge in [-0.05, 0) is 18.2 Å². The Kier molecular flexibility index (Phi) is 7.58. The quantitative estimate of drug-likeness (QED) is 0.553. The molecule has 1 aliphatic heterocycles. The van der Waals surface area contributed by atoms with E-state index < -0.39 is 42.5 Å². The maximum atomic E-state index is 11.6.